The lowest BCUT2D eigenvalue weighted by molar-refractivity contribution is -0.384. The van der Waals surface area contributed by atoms with Gasteiger partial charge in [0.1, 0.15) is 12.1 Å². The third-order valence-electron chi connectivity index (χ3n) is 3.37. The topological polar surface area (TPSA) is 162 Å². The number of esters is 1. The Morgan fingerprint density at radius 3 is 2.31 bits per heavy atom. The van der Waals surface area contributed by atoms with E-state index in [1.54, 1.807) is 13.0 Å². The van der Waals surface area contributed by atoms with Crippen molar-refractivity contribution in [1.82, 2.24) is 0 Å². The fourth-order valence-electron chi connectivity index (χ4n) is 2.11. The molecule has 0 saturated carbocycles. The summed E-state index contributed by atoms with van der Waals surface area (Å²) in [6, 6.07) is 11.4. The van der Waals surface area contributed by atoms with Gasteiger partial charge in [-0.2, -0.15) is 5.10 Å². The van der Waals surface area contributed by atoms with Gasteiger partial charge in [0, 0.05) is 12.1 Å². The van der Waals surface area contributed by atoms with Crippen molar-refractivity contribution in [2.24, 2.45) is 15.3 Å². The maximum atomic E-state index is 11.8. The molecule has 0 saturated heterocycles. The standard InChI is InChI=1S/C17H16N6O6/c1-2-29-17(24)11-16(20-18-12-7-3-5-9-14(12)22(25)26)21-19-13-8-4-6-10-15(13)23(27)28/h3-10,18H,2,11H2,1H3/b20-16+,21-19?. The lowest BCUT2D eigenvalue weighted by Gasteiger charge is -2.04. The second-order valence-corrected chi connectivity index (χ2v) is 5.34. The van der Waals surface area contributed by atoms with Crippen LogP contribution in [0.25, 0.3) is 0 Å². The third-order valence-corrected chi connectivity index (χ3v) is 3.37. The van der Waals surface area contributed by atoms with Crippen molar-refractivity contribution in [3.63, 3.8) is 0 Å². The smallest absolute Gasteiger partial charge is 0.313 e. The molecule has 2 aromatic carbocycles. The van der Waals surface area contributed by atoms with Crippen LogP contribution in [-0.4, -0.2) is 28.3 Å². The van der Waals surface area contributed by atoms with E-state index < -0.39 is 22.2 Å². The van der Waals surface area contributed by atoms with Crippen molar-refractivity contribution in [1.29, 1.82) is 0 Å². The van der Waals surface area contributed by atoms with E-state index >= 15 is 0 Å². The Hall–Kier alpha value is -4.22. The summed E-state index contributed by atoms with van der Waals surface area (Å²) in [4.78, 5) is 32.7. The average Bonchev–Trinajstić information content (AvgIpc) is 2.70. The molecule has 0 atom stereocenters. The van der Waals surface area contributed by atoms with E-state index in [0.717, 1.165) is 0 Å². The first-order chi connectivity index (χ1) is 13.9. The first-order valence-electron chi connectivity index (χ1n) is 8.29. The van der Waals surface area contributed by atoms with Crippen molar-refractivity contribution >= 4 is 34.6 Å². The number of amidine groups is 1. The third kappa shape index (κ3) is 6.16. The first-order valence-corrected chi connectivity index (χ1v) is 8.29. The van der Waals surface area contributed by atoms with Gasteiger partial charge in [0.2, 0.25) is 0 Å². The van der Waals surface area contributed by atoms with Gasteiger partial charge < -0.3 is 4.74 Å². The highest BCUT2D eigenvalue weighted by atomic mass is 16.6. The summed E-state index contributed by atoms with van der Waals surface area (Å²) in [6.07, 6.45) is -0.397. The molecular formula is C17H16N6O6. The molecule has 0 amide bonds. The zero-order chi connectivity index (χ0) is 21.2. The van der Waals surface area contributed by atoms with Gasteiger partial charge >= 0.3 is 5.97 Å². The van der Waals surface area contributed by atoms with Crippen LogP contribution in [0, 0.1) is 20.2 Å². The molecule has 0 unspecified atom stereocenters. The molecule has 29 heavy (non-hydrogen) atoms. The predicted octanol–water partition coefficient (Wildman–Crippen LogP) is 3.97. The van der Waals surface area contributed by atoms with Gasteiger partial charge in [-0.3, -0.25) is 30.4 Å². The Morgan fingerprint density at radius 2 is 1.66 bits per heavy atom. The molecule has 0 spiro atoms. The minimum atomic E-state index is -0.655. The molecule has 12 nitrogen and oxygen atoms in total. The number of nitrogens with zero attached hydrogens (tertiary/aromatic N) is 5. The molecule has 150 valence electrons. The van der Waals surface area contributed by atoms with Crippen LogP contribution in [0.5, 0.6) is 0 Å². The molecule has 0 aliphatic carbocycles. The highest BCUT2D eigenvalue weighted by molar-refractivity contribution is 5.98. The zero-order valence-electron chi connectivity index (χ0n) is 15.2. The number of carbonyl (C=O) groups is 1. The largest absolute Gasteiger partial charge is 0.466 e. The molecule has 0 radical (unpaired) electrons. The number of carbonyl (C=O) groups excluding carboxylic acids is 1. The molecule has 0 bridgehead atoms. The lowest BCUT2D eigenvalue weighted by atomic mass is 10.3. The number of hydrogen-bond acceptors (Lipinski definition) is 9. The summed E-state index contributed by atoms with van der Waals surface area (Å²) in [5.41, 5.74) is 1.98. The average molecular weight is 400 g/mol. The summed E-state index contributed by atoms with van der Waals surface area (Å²) < 4.78 is 4.83. The maximum Gasteiger partial charge on any atom is 0.313 e. The van der Waals surface area contributed by atoms with Crippen LogP contribution in [0.4, 0.5) is 22.7 Å². The lowest BCUT2D eigenvalue weighted by Crippen LogP contribution is -2.11. The molecule has 2 rings (SSSR count). The number of para-hydroxylation sites is 3. The second kappa shape index (κ2) is 10.2. The predicted molar refractivity (Wildman–Crippen MR) is 103 cm³/mol. The van der Waals surface area contributed by atoms with Gasteiger partial charge in [-0.15, -0.1) is 10.2 Å². The fraction of sp³-hybridized carbons (Fsp3) is 0.176. The van der Waals surface area contributed by atoms with Crippen LogP contribution in [0.15, 0.2) is 63.9 Å². The number of benzene rings is 2. The van der Waals surface area contributed by atoms with Gasteiger partial charge in [0.15, 0.2) is 11.5 Å². The number of nitrogens with one attached hydrogen (secondary N) is 1. The van der Waals surface area contributed by atoms with Crippen molar-refractivity contribution < 1.29 is 19.4 Å². The van der Waals surface area contributed by atoms with Crippen LogP contribution in [0.1, 0.15) is 13.3 Å². The molecule has 0 fully saturated rings. The quantitative estimate of drug-likeness (QED) is 0.175. The summed E-state index contributed by atoms with van der Waals surface area (Å²) in [5.74, 6) is -0.836. The van der Waals surface area contributed by atoms with E-state index in [4.69, 9.17) is 4.74 Å². The molecule has 0 aromatic heterocycles. The number of rotatable bonds is 8. The van der Waals surface area contributed by atoms with Crippen molar-refractivity contribution in [3.8, 4) is 0 Å². The van der Waals surface area contributed by atoms with Crippen LogP contribution in [0.3, 0.4) is 0 Å². The molecular weight excluding hydrogens is 384 g/mol. The highest BCUT2D eigenvalue weighted by Crippen LogP contribution is 2.27. The number of nitro benzene ring substituents is 2. The van der Waals surface area contributed by atoms with E-state index in [9.17, 15) is 25.0 Å². The van der Waals surface area contributed by atoms with Crippen molar-refractivity contribution in [2.75, 3.05) is 12.0 Å². The minimum absolute atomic E-state index is 0.0419. The summed E-state index contributed by atoms with van der Waals surface area (Å²) in [7, 11) is 0. The number of hydrazone groups is 1. The SMILES string of the molecule is CCOC(=O)C/C(N=Nc1ccccc1[N+](=O)[O-])=N\Nc1ccccc1[N+](=O)[O-]. The molecule has 12 heteroatoms. The minimum Gasteiger partial charge on any atom is -0.466 e. The maximum absolute atomic E-state index is 11.8. The summed E-state index contributed by atoms with van der Waals surface area (Å²) >= 11 is 0. The van der Waals surface area contributed by atoms with Crippen LogP contribution in [0.2, 0.25) is 0 Å². The van der Waals surface area contributed by atoms with E-state index in [1.165, 1.54) is 42.5 Å². The number of ether oxygens (including phenoxy) is 1. The highest BCUT2D eigenvalue weighted by Gasteiger charge is 2.15. The monoisotopic (exact) mass is 400 g/mol. The van der Waals surface area contributed by atoms with Gasteiger partial charge in [0.05, 0.1) is 16.5 Å². The summed E-state index contributed by atoms with van der Waals surface area (Å²) in [5, 5.41) is 33.6. The second-order valence-electron chi connectivity index (χ2n) is 5.34. The molecule has 0 aliphatic rings. The van der Waals surface area contributed by atoms with Gasteiger partial charge in [-0.05, 0) is 19.1 Å². The Balaban J connectivity index is 2.33. The number of azo groups is 1. The van der Waals surface area contributed by atoms with E-state index in [2.05, 4.69) is 20.8 Å². The Bertz CT molecular complexity index is 974. The molecule has 1 N–H and O–H groups in total. The first kappa shape index (κ1) is 21.1. The fourth-order valence-corrected chi connectivity index (χ4v) is 2.11. The van der Waals surface area contributed by atoms with Crippen LogP contribution < -0.4 is 5.43 Å². The number of anilines is 1. The van der Waals surface area contributed by atoms with Crippen molar-refractivity contribution in [3.05, 3.63) is 68.8 Å². The number of nitro groups is 2. The number of hydrogen-bond donors (Lipinski definition) is 1. The van der Waals surface area contributed by atoms with Gasteiger partial charge in [0.25, 0.3) is 11.4 Å². The van der Waals surface area contributed by atoms with E-state index in [1.807, 2.05) is 0 Å². The van der Waals surface area contributed by atoms with Crippen LogP contribution in [-0.2, 0) is 9.53 Å². The van der Waals surface area contributed by atoms with Crippen molar-refractivity contribution in [2.45, 2.75) is 13.3 Å². The normalized spacial score (nSPS) is 11.3. The van der Waals surface area contributed by atoms with Gasteiger partial charge in [-0.1, -0.05) is 24.3 Å². The Kier molecular flexibility index (Phi) is 7.42. The zero-order valence-corrected chi connectivity index (χ0v) is 15.2. The van der Waals surface area contributed by atoms with Gasteiger partial charge in [-0.25, -0.2) is 0 Å². The van der Waals surface area contributed by atoms with E-state index in [-0.39, 0.29) is 35.2 Å². The van der Waals surface area contributed by atoms with E-state index in [0.29, 0.717) is 0 Å². The van der Waals surface area contributed by atoms with Crippen LogP contribution >= 0.6 is 0 Å². The molecule has 2 aromatic rings. The molecule has 0 aliphatic heterocycles. The summed E-state index contributed by atoms with van der Waals surface area (Å²) in [6.45, 7) is 1.75. The molecule has 0 heterocycles. The Morgan fingerprint density at radius 1 is 1.03 bits per heavy atom. The Labute approximate surface area is 164 Å².